The van der Waals surface area contributed by atoms with E-state index in [4.69, 9.17) is 4.52 Å². The summed E-state index contributed by atoms with van der Waals surface area (Å²) in [5, 5.41) is 13.0. The monoisotopic (exact) mass is 380 g/mol. The molecule has 2 unspecified atom stereocenters. The number of rotatable bonds is 4. The van der Waals surface area contributed by atoms with Gasteiger partial charge in [0, 0.05) is 12.0 Å². The number of hydrogen-bond acceptors (Lipinski definition) is 5. The van der Waals surface area contributed by atoms with Crippen LogP contribution in [0.25, 0.3) is 11.4 Å². The summed E-state index contributed by atoms with van der Waals surface area (Å²) < 4.78 is 60.9. The van der Waals surface area contributed by atoms with Crippen molar-refractivity contribution < 1.29 is 31.9 Å². The Morgan fingerprint density at radius 2 is 1.89 bits per heavy atom. The second-order valence-electron chi connectivity index (χ2n) is 6.15. The number of ether oxygens (including phenoxy) is 1. The molecule has 0 radical (unpaired) electrons. The Balaban J connectivity index is 1.56. The van der Waals surface area contributed by atoms with Crippen LogP contribution in [0.5, 0.6) is 11.5 Å². The Morgan fingerprint density at radius 1 is 1.11 bits per heavy atom. The number of aromatic nitrogens is 2. The molecule has 2 atom stereocenters. The molecule has 0 spiro atoms. The summed E-state index contributed by atoms with van der Waals surface area (Å²) in [6.45, 7) is 0. The van der Waals surface area contributed by atoms with Crippen LogP contribution in [0, 0.1) is 5.82 Å². The number of para-hydroxylation sites is 1. The highest BCUT2D eigenvalue weighted by Crippen LogP contribution is 2.56. The minimum absolute atomic E-state index is 0.00739. The van der Waals surface area contributed by atoms with E-state index in [0.29, 0.717) is 12.0 Å². The smallest absolute Gasteiger partial charge is 0.508 e. The van der Waals surface area contributed by atoms with Crippen molar-refractivity contribution in [1.82, 2.24) is 10.1 Å². The molecule has 0 aliphatic heterocycles. The van der Waals surface area contributed by atoms with Crippen molar-refractivity contribution >= 4 is 0 Å². The van der Waals surface area contributed by atoms with Crippen molar-refractivity contribution in [2.45, 2.75) is 24.6 Å². The van der Waals surface area contributed by atoms with Crippen LogP contribution in [0.4, 0.5) is 17.6 Å². The molecule has 1 fully saturated rings. The summed E-state index contributed by atoms with van der Waals surface area (Å²) in [6.07, 6.45) is -4.27. The molecule has 140 valence electrons. The van der Waals surface area contributed by atoms with Gasteiger partial charge >= 0.3 is 6.36 Å². The fraction of sp³-hybridized carbons (Fsp3) is 0.222. The lowest BCUT2D eigenvalue weighted by Gasteiger charge is -2.12. The number of alkyl halides is 3. The molecule has 2 aromatic carbocycles. The number of phenolic OH excluding ortho intramolecular Hbond substituents is 1. The normalized spacial score (nSPS) is 19.1. The minimum atomic E-state index is -4.78. The molecule has 1 aromatic heterocycles. The predicted octanol–water partition coefficient (Wildman–Crippen LogP) is 4.75. The summed E-state index contributed by atoms with van der Waals surface area (Å²) in [5.41, 5.74) is 0.455. The van der Waals surface area contributed by atoms with Gasteiger partial charge in [-0.2, -0.15) is 4.98 Å². The van der Waals surface area contributed by atoms with E-state index >= 15 is 0 Å². The standard InChI is InChI=1S/C18H12F4N2O3/c19-14-7-9(25)5-6-11(14)16-23-17(27-24-16)13-8-12(13)10-3-1-2-4-15(10)26-18(20,21)22/h1-7,12-13,25H,8H2. The number of nitrogens with zero attached hydrogens (tertiary/aromatic N) is 2. The zero-order valence-corrected chi connectivity index (χ0v) is 13.6. The number of phenols is 1. The molecule has 0 saturated heterocycles. The number of benzene rings is 2. The van der Waals surface area contributed by atoms with Gasteiger partial charge in [0.05, 0.1) is 5.56 Å². The minimum Gasteiger partial charge on any atom is -0.508 e. The number of halogens is 4. The first-order valence-electron chi connectivity index (χ1n) is 7.99. The lowest BCUT2D eigenvalue weighted by molar-refractivity contribution is -0.274. The zero-order chi connectivity index (χ0) is 19.2. The fourth-order valence-electron chi connectivity index (χ4n) is 3.00. The summed E-state index contributed by atoms with van der Waals surface area (Å²) in [7, 11) is 0. The van der Waals surface area contributed by atoms with Crippen LogP contribution in [0.15, 0.2) is 47.0 Å². The van der Waals surface area contributed by atoms with E-state index in [0.717, 1.165) is 6.07 Å². The van der Waals surface area contributed by atoms with Gasteiger partial charge in [-0.15, -0.1) is 13.2 Å². The predicted molar refractivity (Wildman–Crippen MR) is 84.6 cm³/mol. The van der Waals surface area contributed by atoms with E-state index in [1.54, 1.807) is 12.1 Å². The van der Waals surface area contributed by atoms with Gasteiger partial charge in [0.25, 0.3) is 0 Å². The third-order valence-electron chi connectivity index (χ3n) is 4.29. The average Bonchev–Trinajstić information content (AvgIpc) is 3.23. The summed E-state index contributed by atoms with van der Waals surface area (Å²) >= 11 is 0. The summed E-state index contributed by atoms with van der Waals surface area (Å²) in [5.74, 6) is -1.52. The zero-order valence-electron chi connectivity index (χ0n) is 13.6. The molecule has 1 N–H and O–H groups in total. The van der Waals surface area contributed by atoms with E-state index in [1.165, 1.54) is 24.3 Å². The van der Waals surface area contributed by atoms with Crippen molar-refractivity contribution in [2.75, 3.05) is 0 Å². The molecule has 5 nitrogen and oxygen atoms in total. The summed E-state index contributed by atoms with van der Waals surface area (Å²) in [4.78, 5) is 4.15. The average molecular weight is 380 g/mol. The van der Waals surface area contributed by atoms with E-state index in [1.807, 2.05) is 0 Å². The Bertz CT molecular complexity index is 987. The third-order valence-corrected chi connectivity index (χ3v) is 4.29. The SMILES string of the molecule is Oc1ccc(-c2noc(C3CC3c3ccccc3OC(F)(F)F)n2)c(F)c1. The van der Waals surface area contributed by atoms with Crippen molar-refractivity contribution in [1.29, 1.82) is 0 Å². The second-order valence-corrected chi connectivity index (χ2v) is 6.15. The molecule has 3 aromatic rings. The lowest BCUT2D eigenvalue weighted by Crippen LogP contribution is -2.18. The highest BCUT2D eigenvalue weighted by molar-refractivity contribution is 5.57. The summed E-state index contributed by atoms with van der Waals surface area (Å²) in [6, 6.07) is 9.43. The number of hydrogen-bond donors (Lipinski definition) is 1. The van der Waals surface area contributed by atoms with Gasteiger partial charge < -0.3 is 14.4 Å². The highest BCUT2D eigenvalue weighted by Gasteiger charge is 2.46. The third kappa shape index (κ3) is 3.57. The van der Waals surface area contributed by atoms with Crippen LogP contribution in [0.1, 0.15) is 29.7 Å². The molecule has 1 aliphatic carbocycles. The number of aromatic hydroxyl groups is 1. The molecule has 4 rings (SSSR count). The van der Waals surface area contributed by atoms with Crippen LogP contribution in [-0.2, 0) is 0 Å². The Morgan fingerprint density at radius 3 is 2.63 bits per heavy atom. The fourth-order valence-corrected chi connectivity index (χ4v) is 3.00. The van der Waals surface area contributed by atoms with Crippen molar-refractivity contribution in [3.05, 3.63) is 59.7 Å². The van der Waals surface area contributed by atoms with Crippen LogP contribution in [-0.4, -0.2) is 21.6 Å². The second kappa shape index (κ2) is 6.26. The van der Waals surface area contributed by atoms with Crippen molar-refractivity contribution in [3.8, 4) is 22.9 Å². The van der Waals surface area contributed by atoms with E-state index < -0.39 is 12.2 Å². The molecule has 0 bridgehead atoms. The first kappa shape index (κ1) is 17.3. The first-order chi connectivity index (χ1) is 12.8. The molecular weight excluding hydrogens is 368 g/mol. The van der Waals surface area contributed by atoms with Crippen LogP contribution in [0.2, 0.25) is 0 Å². The molecule has 9 heteroatoms. The van der Waals surface area contributed by atoms with Crippen LogP contribution < -0.4 is 4.74 Å². The molecule has 27 heavy (non-hydrogen) atoms. The van der Waals surface area contributed by atoms with E-state index in [-0.39, 0.29) is 40.6 Å². The van der Waals surface area contributed by atoms with Gasteiger partial charge in [0.1, 0.15) is 17.3 Å². The van der Waals surface area contributed by atoms with Crippen LogP contribution >= 0.6 is 0 Å². The largest absolute Gasteiger partial charge is 0.573 e. The van der Waals surface area contributed by atoms with Gasteiger partial charge in [0.2, 0.25) is 11.7 Å². The lowest BCUT2D eigenvalue weighted by atomic mass is 10.1. The van der Waals surface area contributed by atoms with Gasteiger partial charge in [-0.3, -0.25) is 0 Å². The first-order valence-corrected chi connectivity index (χ1v) is 7.99. The topological polar surface area (TPSA) is 68.4 Å². The Kier molecular flexibility index (Phi) is 4.01. The van der Waals surface area contributed by atoms with Crippen molar-refractivity contribution in [3.63, 3.8) is 0 Å². The molecular formula is C18H12F4N2O3. The van der Waals surface area contributed by atoms with Gasteiger partial charge in [-0.1, -0.05) is 23.4 Å². The highest BCUT2D eigenvalue weighted by atomic mass is 19.4. The van der Waals surface area contributed by atoms with Crippen LogP contribution in [0.3, 0.4) is 0 Å². The maximum absolute atomic E-state index is 13.9. The maximum Gasteiger partial charge on any atom is 0.573 e. The molecule has 1 heterocycles. The van der Waals surface area contributed by atoms with E-state index in [2.05, 4.69) is 14.9 Å². The quantitative estimate of drug-likeness (QED) is 0.662. The van der Waals surface area contributed by atoms with Gasteiger partial charge in [0.15, 0.2) is 0 Å². The van der Waals surface area contributed by atoms with Gasteiger partial charge in [-0.05, 0) is 36.1 Å². The molecule has 1 saturated carbocycles. The molecule has 0 amide bonds. The Labute approximate surface area is 150 Å². The maximum atomic E-state index is 13.9. The molecule has 1 aliphatic rings. The van der Waals surface area contributed by atoms with Crippen molar-refractivity contribution in [2.24, 2.45) is 0 Å². The van der Waals surface area contributed by atoms with Gasteiger partial charge in [-0.25, -0.2) is 4.39 Å². The van der Waals surface area contributed by atoms with E-state index in [9.17, 15) is 22.7 Å². The Hall–Kier alpha value is -3.10.